The van der Waals surface area contributed by atoms with Crippen molar-refractivity contribution in [2.75, 3.05) is 0 Å². The van der Waals surface area contributed by atoms with Crippen molar-refractivity contribution in [1.29, 1.82) is 0 Å². The highest BCUT2D eigenvalue weighted by Gasteiger charge is 2.68. The highest BCUT2D eigenvalue weighted by Crippen LogP contribution is 2.76. The molecule has 0 unspecified atom stereocenters. The van der Waals surface area contributed by atoms with Gasteiger partial charge in [-0.15, -0.1) is 0 Å². The Labute approximate surface area is 192 Å². The minimum Gasteiger partial charge on any atom is -0.393 e. The van der Waals surface area contributed by atoms with Gasteiger partial charge < -0.3 is 5.11 Å². The summed E-state index contributed by atoms with van der Waals surface area (Å²) < 4.78 is 0. The van der Waals surface area contributed by atoms with E-state index in [0.717, 1.165) is 18.3 Å². The van der Waals surface area contributed by atoms with Crippen LogP contribution in [0.3, 0.4) is 0 Å². The van der Waals surface area contributed by atoms with E-state index in [1.54, 1.807) is 0 Å². The number of allylic oxidation sites excluding steroid dienone is 2. The first-order chi connectivity index (χ1) is 14.2. The molecule has 5 aliphatic rings. The van der Waals surface area contributed by atoms with Gasteiger partial charge in [-0.2, -0.15) is 0 Å². The summed E-state index contributed by atoms with van der Waals surface area (Å²) in [5.41, 5.74) is 4.02. The summed E-state index contributed by atoms with van der Waals surface area (Å²) in [5.74, 6) is 2.27. The van der Waals surface area contributed by atoms with Crippen molar-refractivity contribution < 1.29 is 5.11 Å². The summed E-state index contributed by atoms with van der Waals surface area (Å²) in [6, 6.07) is 0. The fourth-order valence-corrected chi connectivity index (χ4v) is 10.6. The third-order valence-corrected chi connectivity index (χ3v) is 13.0. The summed E-state index contributed by atoms with van der Waals surface area (Å²) in [4.78, 5) is 0. The largest absolute Gasteiger partial charge is 0.393 e. The van der Waals surface area contributed by atoms with E-state index in [0.29, 0.717) is 33.0 Å². The van der Waals surface area contributed by atoms with Crippen LogP contribution in [0, 0.1) is 50.2 Å². The van der Waals surface area contributed by atoms with E-state index in [1.807, 2.05) is 5.57 Å². The number of hydrogen-bond acceptors (Lipinski definition) is 1. The smallest absolute Gasteiger partial charge is 0.0594 e. The Hall–Kier alpha value is -0.300. The Balaban J connectivity index is 1.56. The fourth-order valence-electron chi connectivity index (χ4n) is 10.6. The van der Waals surface area contributed by atoms with Crippen molar-refractivity contribution in [1.82, 2.24) is 0 Å². The quantitative estimate of drug-likeness (QED) is 0.387. The van der Waals surface area contributed by atoms with Gasteiger partial charge in [0.1, 0.15) is 0 Å². The number of aliphatic hydroxyl groups excluding tert-OH is 1. The zero-order valence-electron chi connectivity index (χ0n) is 21.9. The topological polar surface area (TPSA) is 20.2 Å². The Morgan fingerprint density at radius 2 is 1.35 bits per heavy atom. The predicted molar refractivity (Wildman–Crippen MR) is 131 cm³/mol. The van der Waals surface area contributed by atoms with Gasteiger partial charge in [0.05, 0.1) is 6.10 Å². The zero-order chi connectivity index (χ0) is 22.7. The summed E-state index contributed by atoms with van der Waals surface area (Å²) in [6.45, 7) is 20.4. The van der Waals surface area contributed by atoms with Crippen LogP contribution in [0.25, 0.3) is 0 Å². The molecule has 0 bridgehead atoms. The first kappa shape index (κ1) is 22.5. The lowest BCUT2D eigenvalue weighted by Gasteiger charge is -2.72. The van der Waals surface area contributed by atoms with E-state index >= 15 is 0 Å². The van der Waals surface area contributed by atoms with Crippen LogP contribution in [-0.2, 0) is 0 Å². The molecule has 1 N–H and O–H groups in total. The fraction of sp³-hybridized carbons (Fsp3) is 0.933. The highest BCUT2D eigenvalue weighted by molar-refractivity contribution is 5.31. The van der Waals surface area contributed by atoms with E-state index in [-0.39, 0.29) is 11.5 Å². The van der Waals surface area contributed by atoms with E-state index < -0.39 is 0 Å². The van der Waals surface area contributed by atoms with Crippen LogP contribution >= 0.6 is 0 Å². The summed E-state index contributed by atoms with van der Waals surface area (Å²) in [6.07, 6.45) is 15.9. The van der Waals surface area contributed by atoms with Crippen molar-refractivity contribution in [3.8, 4) is 0 Å². The van der Waals surface area contributed by atoms with Crippen LogP contribution in [-0.4, -0.2) is 11.2 Å². The maximum atomic E-state index is 10.9. The van der Waals surface area contributed by atoms with Gasteiger partial charge in [0.25, 0.3) is 0 Å². The molecule has 5 aliphatic carbocycles. The molecule has 0 aromatic carbocycles. The average Bonchev–Trinajstić information content (AvgIpc) is 2.67. The molecule has 0 aromatic heterocycles. The average molecular weight is 427 g/mol. The Bertz CT molecular complexity index is 790. The van der Waals surface area contributed by atoms with E-state index in [4.69, 9.17) is 0 Å². The Kier molecular flexibility index (Phi) is 4.66. The van der Waals surface area contributed by atoms with Crippen LogP contribution < -0.4 is 0 Å². The van der Waals surface area contributed by atoms with Crippen molar-refractivity contribution in [2.45, 2.75) is 126 Å². The van der Waals surface area contributed by atoms with Crippen LogP contribution in [0.2, 0.25) is 0 Å². The molecule has 0 radical (unpaired) electrons. The lowest BCUT2D eigenvalue weighted by Crippen LogP contribution is -2.65. The highest BCUT2D eigenvalue weighted by atomic mass is 16.3. The van der Waals surface area contributed by atoms with Gasteiger partial charge in [-0.05, 0) is 114 Å². The molecule has 31 heavy (non-hydrogen) atoms. The van der Waals surface area contributed by atoms with Crippen LogP contribution in [0.1, 0.15) is 120 Å². The third-order valence-electron chi connectivity index (χ3n) is 13.0. The SMILES string of the molecule is CC1(C)C=C2[C@H]3CC[C@@H]4[C@@]5(C)CC[C@@H](O)C(C)(C)[C@@H]5CC[C@@]4(C)[C@]3(C)CC[C@@]2(C)CC1. The second-order valence-electron chi connectivity index (χ2n) is 15.1. The molecular weight excluding hydrogens is 376 g/mol. The molecule has 4 fully saturated rings. The van der Waals surface area contributed by atoms with E-state index in [2.05, 4.69) is 61.5 Å². The van der Waals surface area contributed by atoms with E-state index in [1.165, 1.54) is 57.8 Å². The summed E-state index contributed by atoms with van der Waals surface area (Å²) >= 11 is 0. The van der Waals surface area contributed by atoms with E-state index in [9.17, 15) is 5.11 Å². The standard InChI is InChI=1S/C30H50O/c1-25(2)15-16-27(5)17-18-29(7)20(21(27)19-25)9-10-23-28(6)13-12-24(31)26(3,4)22(28)11-14-30(23,29)8/h19-20,22-24,31H,9-18H2,1-8H3/t20-,22+,23-,24-,27-,28+,29-,30-/m1/s1. The number of rotatable bonds is 0. The molecule has 5 rings (SSSR count). The predicted octanol–water partition coefficient (Wildman–Crippen LogP) is 8.17. The van der Waals surface area contributed by atoms with Crippen LogP contribution in [0.4, 0.5) is 0 Å². The van der Waals surface area contributed by atoms with Crippen LogP contribution in [0.15, 0.2) is 11.6 Å². The Morgan fingerprint density at radius 1 is 0.677 bits per heavy atom. The summed E-state index contributed by atoms with van der Waals surface area (Å²) in [5, 5.41) is 10.9. The normalized spacial score (nSPS) is 55.2. The molecular formula is C30H50O. The van der Waals surface area contributed by atoms with Gasteiger partial charge in [-0.25, -0.2) is 0 Å². The molecule has 0 saturated heterocycles. The first-order valence-electron chi connectivity index (χ1n) is 13.6. The molecule has 0 aromatic rings. The van der Waals surface area contributed by atoms with Crippen molar-refractivity contribution in [3.05, 3.63) is 11.6 Å². The van der Waals surface area contributed by atoms with Crippen LogP contribution in [0.5, 0.6) is 0 Å². The van der Waals surface area contributed by atoms with Crippen molar-refractivity contribution in [3.63, 3.8) is 0 Å². The summed E-state index contributed by atoms with van der Waals surface area (Å²) in [7, 11) is 0. The van der Waals surface area contributed by atoms with Gasteiger partial charge in [0, 0.05) is 0 Å². The van der Waals surface area contributed by atoms with Gasteiger partial charge in [0.15, 0.2) is 0 Å². The van der Waals surface area contributed by atoms with Gasteiger partial charge in [0.2, 0.25) is 0 Å². The minimum atomic E-state index is -0.119. The maximum absolute atomic E-state index is 10.9. The molecule has 1 nitrogen and oxygen atoms in total. The van der Waals surface area contributed by atoms with Gasteiger partial charge >= 0.3 is 0 Å². The lowest BCUT2D eigenvalue weighted by molar-refractivity contribution is -0.228. The van der Waals surface area contributed by atoms with Gasteiger partial charge in [-0.3, -0.25) is 0 Å². The van der Waals surface area contributed by atoms with Gasteiger partial charge in [-0.1, -0.05) is 67.0 Å². The second-order valence-corrected chi connectivity index (χ2v) is 15.1. The minimum absolute atomic E-state index is 0.0626. The molecule has 0 heterocycles. The third kappa shape index (κ3) is 2.77. The molecule has 0 spiro atoms. The van der Waals surface area contributed by atoms with Crippen molar-refractivity contribution >= 4 is 0 Å². The molecule has 0 aliphatic heterocycles. The zero-order valence-corrected chi connectivity index (χ0v) is 21.9. The molecule has 8 atom stereocenters. The number of hydrogen-bond donors (Lipinski definition) is 1. The van der Waals surface area contributed by atoms with Crippen molar-refractivity contribution in [2.24, 2.45) is 50.2 Å². The molecule has 1 heteroatoms. The Morgan fingerprint density at radius 3 is 2.06 bits per heavy atom. The molecule has 176 valence electrons. The first-order valence-corrected chi connectivity index (χ1v) is 13.6. The number of aliphatic hydroxyl groups is 1. The maximum Gasteiger partial charge on any atom is 0.0594 e. The molecule has 0 amide bonds. The molecule has 4 saturated carbocycles. The number of fused-ring (bicyclic) bond motifs is 7. The lowest BCUT2D eigenvalue weighted by atomic mass is 9.32. The monoisotopic (exact) mass is 426 g/mol. The second kappa shape index (κ2) is 6.43.